The minimum atomic E-state index is -0.363. The smallest absolute Gasteiger partial charge is 0.248 e. The number of likely N-dealkylation sites (N-methyl/N-ethyl adjacent to an activating group) is 2. The molecule has 0 bridgehead atoms. The predicted octanol–water partition coefficient (Wildman–Crippen LogP) is 4.23. The second-order valence-corrected chi connectivity index (χ2v) is 9.31. The number of carbonyl (C=O) groups is 2. The quantitative estimate of drug-likeness (QED) is 0.350. The number of hydrogen-bond acceptors (Lipinski definition) is 6. The minimum absolute atomic E-state index is 0.0158. The van der Waals surface area contributed by atoms with E-state index >= 15 is 0 Å². The molecule has 0 amide bonds. The van der Waals surface area contributed by atoms with Gasteiger partial charge in [0.25, 0.3) is 0 Å². The molecule has 0 fully saturated rings. The van der Waals surface area contributed by atoms with Crippen molar-refractivity contribution in [3.05, 3.63) is 60.9 Å². The first-order chi connectivity index (χ1) is 17.2. The first-order valence-electron chi connectivity index (χ1n) is 12.1. The number of rotatable bonds is 9. The molecular formula is C28H34N4O4. The number of ether oxygens (including phenoxy) is 2. The zero-order valence-electron chi connectivity index (χ0n) is 21.8. The first-order valence-corrected chi connectivity index (χ1v) is 12.1. The van der Waals surface area contributed by atoms with Gasteiger partial charge in [-0.05, 0) is 65.3 Å². The van der Waals surface area contributed by atoms with Gasteiger partial charge < -0.3 is 9.47 Å². The maximum absolute atomic E-state index is 13.3. The molecule has 2 aromatic heterocycles. The van der Waals surface area contributed by atoms with Gasteiger partial charge in [-0.3, -0.25) is 28.5 Å². The first kappa shape index (κ1) is 25.5. The summed E-state index contributed by atoms with van der Waals surface area (Å²) in [5.74, 6) is 1.31. The van der Waals surface area contributed by atoms with Crippen molar-refractivity contribution in [3.63, 3.8) is 0 Å². The largest absolute Gasteiger partial charge is 0.497 e. The summed E-state index contributed by atoms with van der Waals surface area (Å²) in [7, 11) is 7.29. The highest BCUT2D eigenvalue weighted by atomic mass is 16.5. The Kier molecular flexibility index (Phi) is 7.47. The third-order valence-corrected chi connectivity index (χ3v) is 6.90. The van der Waals surface area contributed by atoms with Crippen LogP contribution in [0.15, 0.2) is 60.9 Å². The molecule has 0 N–H and O–H groups in total. The van der Waals surface area contributed by atoms with Crippen LogP contribution in [0.3, 0.4) is 0 Å². The molecule has 8 nitrogen and oxygen atoms in total. The summed E-state index contributed by atoms with van der Waals surface area (Å²) in [6, 6.07) is 14.7. The fraction of sp³-hybridized carbons (Fsp3) is 0.357. The Balaban J connectivity index is 1.45. The monoisotopic (exact) mass is 490 g/mol. The fourth-order valence-electron chi connectivity index (χ4n) is 4.19. The van der Waals surface area contributed by atoms with Gasteiger partial charge in [0.05, 0.1) is 30.2 Å². The van der Waals surface area contributed by atoms with Gasteiger partial charge in [0, 0.05) is 35.8 Å². The summed E-state index contributed by atoms with van der Waals surface area (Å²) in [4.78, 5) is 30.1. The Bertz CT molecular complexity index is 1390. The summed E-state index contributed by atoms with van der Waals surface area (Å²) in [6.07, 6.45) is 3.59. The highest BCUT2D eigenvalue weighted by Crippen LogP contribution is 2.27. The fourth-order valence-corrected chi connectivity index (χ4v) is 4.19. The molecule has 0 radical (unpaired) electrons. The predicted molar refractivity (Wildman–Crippen MR) is 142 cm³/mol. The summed E-state index contributed by atoms with van der Waals surface area (Å²) >= 11 is 0. The van der Waals surface area contributed by atoms with Gasteiger partial charge in [0.1, 0.15) is 18.1 Å². The number of para-hydroxylation sites is 1. The lowest BCUT2D eigenvalue weighted by Gasteiger charge is -2.24. The zero-order valence-corrected chi connectivity index (χ0v) is 21.8. The number of benzene rings is 2. The third-order valence-electron chi connectivity index (χ3n) is 6.90. The molecule has 0 saturated heterocycles. The summed E-state index contributed by atoms with van der Waals surface area (Å²) in [5.41, 5.74) is 1.58. The van der Waals surface area contributed by atoms with Crippen LogP contribution in [0, 0.1) is 0 Å². The number of methoxy groups -OCH3 is 1. The standard InChI is InChI=1S/C28H34N4O4/c1-19(29(3)4)27(33)32-15-13-22-8-7-9-25(26(22)32)36-17-16-30(5)20(2)28(34)31-14-12-21-10-11-23(35-6)18-24(21)31/h7-15,18-20H,16-17H2,1-6H3/t19-,20-/m0/s1. The van der Waals surface area contributed by atoms with Crippen molar-refractivity contribution in [1.82, 2.24) is 18.9 Å². The highest BCUT2D eigenvalue weighted by Gasteiger charge is 2.22. The minimum Gasteiger partial charge on any atom is -0.497 e. The molecule has 0 aliphatic heterocycles. The summed E-state index contributed by atoms with van der Waals surface area (Å²) < 4.78 is 14.8. The van der Waals surface area contributed by atoms with Crippen LogP contribution in [0.25, 0.3) is 21.8 Å². The number of aromatic nitrogens is 2. The normalized spacial score (nSPS) is 13.4. The molecule has 190 valence electrons. The van der Waals surface area contributed by atoms with Gasteiger partial charge in [0.15, 0.2) is 0 Å². The van der Waals surface area contributed by atoms with Gasteiger partial charge in [-0.25, -0.2) is 0 Å². The molecule has 0 unspecified atom stereocenters. The lowest BCUT2D eigenvalue weighted by Crippen LogP contribution is -2.40. The van der Waals surface area contributed by atoms with E-state index in [1.807, 2.05) is 93.3 Å². The lowest BCUT2D eigenvalue weighted by atomic mass is 10.2. The summed E-state index contributed by atoms with van der Waals surface area (Å²) in [5, 5.41) is 1.93. The van der Waals surface area contributed by atoms with E-state index in [0.717, 1.165) is 21.8 Å². The molecule has 8 heteroatoms. The average molecular weight is 491 g/mol. The van der Waals surface area contributed by atoms with Crippen molar-refractivity contribution in [2.24, 2.45) is 0 Å². The van der Waals surface area contributed by atoms with Crippen LogP contribution in [-0.4, -0.2) is 84.2 Å². The van der Waals surface area contributed by atoms with Crippen LogP contribution in [-0.2, 0) is 0 Å². The van der Waals surface area contributed by atoms with Gasteiger partial charge in [0.2, 0.25) is 11.8 Å². The molecule has 0 spiro atoms. The van der Waals surface area contributed by atoms with E-state index in [2.05, 4.69) is 0 Å². The molecule has 0 saturated carbocycles. The van der Waals surface area contributed by atoms with E-state index in [-0.39, 0.29) is 23.9 Å². The van der Waals surface area contributed by atoms with Crippen molar-refractivity contribution in [2.75, 3.05) is 41.4 Å². The number of nitrogens with zero attached hydrogens (tertiary/aromatic N) is 4. The van der Waals surface area contributed by atoms with Crippen LogP contribution >= 0.6 is 0 Å². The molecule has 4 aromatic rings. The van der Waals surface area contributed by atoms with E-state index in [1.165, 1.54) is 0 Å². The topological polar surface area (TPSA) is 68.9 Å². The van der Waals surface area contributed by atoms with E-state index in [0.29, 0.717) is 24.7 Å². The molecule has 0 aliphatic rings. The third kappa shape index (κ3) is 4.87. The van der Waals surface area contributed by atoms with Crippen molar-refractivity contribution < 1.29 is 19.1 Å². The SMILES string of the molecule is COc1ccc2ccn(C(=O)[C@H](C)N(C)CCOc3cccc4ccn(C(=O)[C@H](C)N(C)C)c34)c2c1. The van der Waals surface area contributed by atoms with Crippen molar-refractivity contribution in [1.29, 1.82) is 0 Å². The maximum Gasteiger partial charge on any atom is 0.248 e. The number of fused-ring (bicyclic) bond motifs is 2. The number of carbonyl (C=O) groups excluding carboxylic acids is 2. The zero-order chi connectivity index (χ0) is 26.0. The van der Waals surface area contributed by atoms with Gasteiger partial charge in [-0.15, -0.1) is 0 Å². The molecule has 4 rings (SSSR count). The van der Waals surface area contributed by atoms with Gasteiger partial charge in [-0.1, -0.05) is 12.1 Å². The summed E-state index contributed by atoms with van der Waals surface area (Å²) in [6.45, 7) is 4.68. The van der Waals surface area contributed by atoms with Crippen LogP contribution in [0.4, 0.5) is 0 Å². The van der Waals surface area contributed by atoms with Crippen molar-refractivity contribution in [3.8, 4) is 11.5 Å². The van der Waals surface area contributed by atoms with E-state index in [4.69, 9.17) is 9.47 Å². The number of hydrogen-bond donors (Lipinski definition) is 0. The lowest BCUT2D eigenvalue weighted by molar-refractivity contribution is 0.0769. The Morgan fingerprint density at radius 3 is 2.31 bits per heavy atom. The molecule has 2 atom stereocenters. The molecule has 2 heterocycles. The van der Waals surface area contributed by atoms with E-state index in [1.54, 1.807) is 28.6 Å². The van der Waals surface area contributed by atoms with E-state index < -0.39 is 0 Å². The molecule has 0 aliphatic carbocycles. The molecule has 36 heavy (non-hydrogen) atoms. The van der Waals surface area contributed by atoms with Gasteiger partial charge in [-0.2, -0.15) is 0 Å². The van der Waals surface area contributed by atoms with Crippen LogP contribution < -0.4 is 9.47 Å². The molecular weight excluding hydrogens is 456 g/mol. The Morgan fingerprint density at radius 1 is 0.889 bits per heavy atom. The van der Waals surface area contributed by atoms with Crippen molar-refractivity contribution >= 4 is 33.6 Å². The molecule has 2 aromatic carbocycles. The van der Waals surface area contributed by atoms with Gasteiger partial charge >= 0.3 is 0 Å². The van der Waals surface area contributed by atoms with Crippen LogP contribution in [0.1, 0.15) is 23.4 Å². The average Bonchev–Trinajstić information content (AvgIpc) is 3.51. The Hall–Kier alpha value is -3.62. The van der Waals surface area contributed by atoms with E-state index in [9.17, 15) is 9.59 Å². The maximum atomic E-state index is 13.3. The second kappa shape index (κ2) is 10.6. The van der Waals surface area contributed by atoms with Crippen molar-refractivity contribution in [2.45, 2.75) is 25.9 Å². The Morgan fingerprint density at radius 2 is 1.58 bits per heavy atom. The highest BCUT2D eigenvalue weighted by molar-refractivity contribution is 5.98. The second-order valence-electron chi connectivity index (χ2n) is 9.31. The van der Waals surface area contributed by atoms with Crippen LogP contribution in [0.2, 0.25) is 0 Å². The Labute approximate surface area is 211 Å². The van der Waals surface area contributed by atoms with Crippen LogP contribution in [0.5, 0.6) is 11.5 Å².